The molecule has 3 N–H and O–H groups in total. The normalized spacial score (nSPS) is 33.2. The first kappa shape index (κ1) is 16.5. The van der Waals surface area contributed by atoms with Crippen molar-refractivity contribution in [2.24, 2.45) is 0 Å². The molecule has 0 spiro atoms. The van der Waals surface area contributed by atoms with E-state index in [1.165, 1.54) is 6.92 Å². The van der Waals surface area contributed by atoms with Crippen molar-refractivity contribution in [3.63, 3.8) is 0 Å². The molecule has 2 saturated heterocycles. The van der Waals surface area contributed by atoms with E-state index >= 15 is 0 Å². The van der Waals surface area contributed by atoms with Gasteiger partial charge in [0.2, 0.25) is 0 Å². The van der Waals surface area contributed by atoms with Gasteiger partial charge in [-0.3, -0.25) is 10.4 Å². The average Bonchev–Trinajstić information content (AvgIpc) is 2.93. The van der Waals surface area contributed by atoms with Crippen LogP contribution in [0.3, 0.4) is 0 Å². The standard InChI is InChI=1S/C11H19NO9/c1-6(21-12(15)16)2-17-5-9(14)20-8-4-19-10-7(13)3-18-11(8)10/h6-8,10-11,13,15-16H,2-5H2,1H3/t6?,7-,8-,10-,11-/m1/s1. The monoisotopic (exact) mass is 309 g/mol. The van der Waals surface area contributed by atoms with E-state index in [1.807, 2.05) is 0 Å². The number of carbonyl (C=O) groups excluding carboxylic acids is 1. The summed E-state index contributed by atoms with van der Waals surface area (Å²) >= 11 is 0. The number of aliphatic hydroxyl groups is 1. The molecule has 10 heteroatoms. The van der Waals surface area contributed by atoms with Gasteiger partial charge < -0.3 is 24.1 Å². The van der Waals surface area contributed by atoms with E-state index in [2.05, 4.69) is 4.84 Å². The van der Waals surface area contributed by atoms with Crippen LogP contribution < -0.4 is 0 Å². The molecule has 2 aliphatic rings. The van der Waals surface area contributed by atoms with E-state index < -0.39 is 41.9 Å². The lowest BCUT2D eigenvalue weighted by Gasteiger charge is -2.17. The van der Waals surface area contributed by atoms with E-state index in [9.17, 15) is 9.90 Å². The van der Waals surface area contributed by atoms with Gasteiger partial charge in [-0.25, -0.2) is 9.63 Å². The third-order valence-corrected chi connectivity index (χ3v) is 3.11. The summed E-state index contributed by atoms with van der Waals surface area (Å²) in [5.74, 6) is -0.605. The lowest BCUT2D eigenvalue weighted by molar-refractivity contribution is -0.504. The molecule has 0 amide bonds. The highest BCUT2D eigenvalue weighted by atomic mass is 17.1. The summed E-state index contributed by atoms with van der Waals surface area (Å²) in [7, 11) is 0. The molecule has 21 heavy (non-hydrogen) atoms. The van der Waals surface area contributed by atoms with Crippen LogP contribution in [0.1, 0.15) is 6.92 Å². The molecule has 10 nitrogen and oxygen atoms in total. The maximum atomic E-state index is 11.6. The topological polar surface area (TPSA) is 127 Å². The fraction of sp³-hybridized carbons (Fsp3) is 0.909. The van der Waals surface area contributed by atoms with Crippen LogP contribution in [0.15, 0.2) is 0 Å². The van der Waals surface area contributed by atoms with E-state index in [-0.39, 0.29) is 26.4 Å². The second-order valence-corrected chi connectivity index (χ2v) is 4.88. The Morgan fingerprint density at radius 2 is 2.05 bits per heavy atom. The lowest BCUT2D eigenvalue weighted by Crippen LogP contribution is -2.35. The first-order chi connectivity index (χ1) is 9.97. The molecule has 5 atom stereocenters. The van der Waals surface area contributed by atoms with Crippen LogP contribution in [0.2, 0.25) is 0 Å². The maximum Gasteiger partial charge on any atom is 0.332 e. The zero-order chi connectivity index (χ0) is 15.4. The number of aliphatic hydroxyl groups excluding tert-OH is 1. The Bertz CT molecular complexity index is 353. The molecule has 2 rings (SSSR count). The van der Waals surface area contributed by atoms with Crippen LogP contribution in [-0.2, 0) is 28.6 Å². The van der Waals surface area contributed by atoms with Crippen molar-refractivity contribution in [2.45, 2.75) is 37.4 Å². The van der Waals surface area contributed by atoms with Crippen molar-refractivity contribution in [2.75, 3.05) is 26.4 Å². The second kappa shape index (κ2) is 7.42. The van der Waals surface area contributed by atoms with Crippen molar-refractivity contribution >= 4 is 5.97 Å². The fourth-order valence-electron chi connectivity index (χ4n) is 2.25. The van der Waals surface area contributed by atoms with Crippen LogP contribution in [0.5, 0.6) is 0 Å². The molecule has 2 aliphatic heterocycles. The Morgan fingerprint density at radius 3 is 2.76 bits per heavy atom. The van der Waals surface area contributed by atoms with Gasteiger partial charge in [0.25, 0.3) is 0 Å². The van der Waals surface area contributed by atoms with Gasteiger partial charge in [0.1, 0.15) is 31.0 Å². The molecule has 0 aromatic rings. The fourth-order valence-corrected chi connectivity index (χ4v) is 2.25. The van der Waals surface area contributed by atoms with Crippen LogP contribution in [0, 0.1) is 0 Å². The minimum Gasteiger partial charge on any atom is -0.455 e. The number of hydrogen-bond donors (Lipinski definition) is 3. The minimum absolute atomic E-state index is 0.0326. The van der Waals surface area contributed by atoms with E-state index in [0.29, 0.717) is 0 Å². The maximum absolute atomic E-state index is 11.6. The lowest BCUT2D eigenvalue weighted by atomic mass is 10.1. The number of rotatable bonds is 7. The van der Waals surface area contributed by atoms with Gasteiger partial charge in [-0.05, 0) is 6.92 Å². The quantitative estimate of drug-likeness (QED) is 0.376. The molecular formula is C11H19NO9. The number of nitrogens with zero attached hydrogens (tertiary/aromatic N) is 1. The third kappa shape index (κ3) is 4.56. The molecule has 1 unspecified atom stereocenters. The summed E-state index contributed by atoms with van der Waals surface area (Å²) in [6.45, 7) is 1.50. The summed E-state index contributed by atoms with van der Waals surface area (Å²) < 4.78 is 20.8. The summed E-state index contributed by atoms with van der Waals surface area (Å²) in [6, 6.07) is 0. The Balaban J connectivity index is 1.64. The molecule has 0 aliphatic carbocycles. The van der Waals surface area contributed by atoms with Crippen molar-refractivity contribution in [1.82, 2.24) is 5.39 Å². The van der Waals surface area contributed by atoms with Crippen molar-refractivity contribution in [3.05, 3.63) is 0 Å². The van der Waals surface area contributed by atoms with Gasteiger partial charge >= 0.3 is 5.97 Å². The Morgan fingerprint density at radius 1 is 1.33 bits per heavy atom. The molecule has 0 radical (unpaired) electrons. The third-order valence-electron chi connectivity index (χ3n) is 3.11. The molecule has 2 fully saturated rings. The minimum atomic E-state index is -0.701. The molecular weight excluding hydrogens is 290 g/mol. The van der Waals surface area contributed by atoms with Gasteiger partial charge in [-0.15, -0.1) is 0 Å². The van der Waals surface area contributed by atoms with Crippen molar-refractivity contribution < 1.29 is 44.1 Å². The highest BCUT2D eigenvalue weighted by Gasteiger charge is 2.48. The summed E-state index contributed by atoms with van der Waals surface area (Å²) in [5.41, 5.74) is 0. The van der Waals surface area contributed by atoms with Gasteiger partial charge in [0.15, 0.2) is 6.10 Å². The second-order valence-electron chi connectivity index (χ2n) is 4.88. The average molecular weight is 309 g/mol. The van der Waals surface area contributed by atoms with E-state index in [0.717, 1.165) is 0 Å². The Kier molecular flexibility index (Phi) is 5.84. The molecule has 0 bridgehead atoms. The van der Waals surface area contributed by atoms with Crippen LogP contribution in [0.4, 0.5) is 0 Å². The van der Waals surface area contributed by atoms with Gasteiger partial charge in [0.05, 0.1) is 25.2 Å². The van der Waals surface area contributed by atoms with Gasteiger partial charge in [0, 0.05) is 0 Å². The van der Waals surface area contributed by atoms with Crippen LogP contribution in [0.25, 0.3) is 0 Å². The summed E-state index contributed by atoms with van der Waals surface area (Å²) in [6.07, 6.45) is -2.84. The number of carbonyl (C=O) groups is 1. The summed E-state index contributed by atoms with van der Waals surface area (Å²) in [4.78, 5) is 16.0. The van der Waals surface area contributed by atoms with Crippen LogP contribution >= 0.6 is 0 Å². The first-order valence-corrected chi connectivity index (χ1v) is 6.50. The predicted molar refractivity (Wildman–Crippen MR) is 62.1 cm³/mol. The van der Waals surface area contributed by atoms with Gasteiger partial charge in [-0.1, -0.05) is 0 Å². The zero-order valence-electron chi connectivity index (χ0n) is 11.5. The number of fused-ring (bicyclic) bond motifs is 1. The van der Waals surface area contributed by atoms with Gasteiger partial charge in [-0.2, -0.15) is 0 Å². The van der Waals surface area contributed by atoms with Crippen molar-refractivity contribution in [3.8, 4) is 0 Å². The SMILES string of the molecule is CC(COCC(=O)O[C@@H]1CO[C@H]2[C@@H]1OC[C@H]2O)ON(O)O. The smallest absolute Gasteiger partial charge is 0.332 e. The van der Waals surface area contributed by atoms with E-state index in [1.54, 1.807) is 0 Å². The number of ether oxygens (including phenoxy) is 4. The number of esters is 1. The van der Waals surface area contributed by atoms with Crippen LogP contribution in [-0.4, -0.2) is 83.8 Å². The first-order valence-electron chi connectivity index (χ1n) is 6.50. The summed E-state index contributed by atoms with van der Waals surface area (Å²) in [5, 5.41) is 25.9. The van der Waals surface area contributed by atoms with Crippen molar-refractivity contribution in [1.29, 1.82) is 0 Å². The Hall–Kier alpha value is -0.850. The molecule has 122 valence electrons. The molecule has 0 aromatic heterocycles. The zero-order valence-corrected chi connectivity index (χ0v) is 11.5. The Labute approximate surface area is 120 Å². The largest absolute Gasteiger partial charge is 0.455 e. The molecule has 2 heterocycles. The highest BCUT2D eigenvalue weighted by Crippen LogP contribution is 2.28. The number of hydrogen-bond acceptors (Lipinski definition) is 10. The predicted octanol–water partition coefficient (Wildman–Crippen LogP) is -1.53. The molecule has 0 saturated carbocycles. The highest BCUT2D eigenvalue weighted by molar-refractivity contribution is 5.71. The molecule has 0 aromatic carbocycles. The van der Waals surface area contributed by atoms with E-state index in [4.69, 9.17) is 29.4 Å².